The maximum absolute atomic E-state index is 4.67. The molecule has 494 valence electrons. The molecule has 0 aromatic carbocycles. The van der Waals surface area contributed by atoms with Crippen molar-refractivity contribution in [2.24, 2.45) is 50.2 Å². The lowest BCUT2D eigenvalue weighted by atomic mass is 9.67. The second-order valence-electron chi connectivity index (χ2n) is 39.0. The van der Waals surface area contributed by atoms with Crippen LogP contribution >= 0.6 is 34.0 Å². The largest absolute Gasteiger partial charge is 0.298 e. The molecule has 0 radical (unpaired) electrons. The number of piperidine rings is 1. The summed E-state index contributed by atoms with van der Waals surface area (Å²) in [5, 5.41) is 14.2. The Kier molecular flexibility index (Phi) is 29.9. The van der Waals surface area contributed by atoms with Gasteiger partial charge >= 0.3 is 0 Å². The van der Waals surface area contributed by atoms with E-state index in [-0.39, 0.29) is 32.6 Å². The Morgan fingerprint density at radius 2 is 0.906 bits per heavy atom. The van der Waals surface area contributed by atoms with E-state index in [9.17, 15) is 0 Å². The topological polar surface area (TPSA) is 72.6 Å². The van der Waals surface area contributed by atoms with Gasteiger partial charge < -0.3 is 0 Å². The summed E-state index contributed by atoms with van der Waals surface area (Å²) in [5.74, 6) is 2.93. The zero-order valence-electron chi connectivity index (χ0n) is 63.1. The Morgan fingerprint density at radius 1 is 0.447 bits per heavy atom. The van der Waals surface area contributed by atoms with Gasteiger partial charge in [0.2, 0.25) is 0 Å². The lowest BCUT2D eigenvalue weighted by molar-refractivity contribution is 0.0757. The van der Waals surface area contributed by atoms with Crippen LogP contribution in [0.15, 0.2) is 24.0 Å². The third-order valence-corrected chi connectivity index (χ3v) is 19.3. The number of nitrogens with zero attached hydrogens (tertiary/aromatic N) is 7. The fourth-order valence-corrected chi connectivity index (χ4v) is 14.1. The van der Waals surface area contributed by atoms with Gasteiger partial charge in [-0.3, -0.25) is 4.90 Å². The molecule has 0 atom stereocenters. The maximum Gasteiger partial charge on any atom is 0.0982 e. The summed E-state index contributed by atoms with van der Waals surface area (Å²) >= 11 is 5.48. The highest BCUT2D eigenvalue weighted by atomic mass is 32.1. The van der Waals surface area contributed by atoms with Gasteiger partial charge in [0.1, 0.15) is 0 Å². The third kappa shape index (κ3) is 35.8. The molecule has 1 saturated heterocycles. The highest BCUT2D eigenvalue weighted by Gasteiger charge is 2.32. The summed E-state index contributed by atoms with van der Waals surface area (Å²) in [5.41, 5.74) is 6.04. The summed E-state index contributed by atoms with van der Waals surface area (Å²) < 4.78 is 1.92. The van der Waals surface area contributed by atoms with Crippen molar-refractivity contribution in [2.45, 2.75) is 353 Å². The number of hydrogen-bond donors (Lipinski definition) is 0. The first-order valence-corrected chi connectivity index (χ1v) is 35.7. The first-order valence-electron chi connectivity index (χ1n) is 33.2. The van der Waals surface area contributed by atoms with Crippen LogP contribution in [0.1, 0.15) is 337 Å². The van der Waals surface area contributed by atoms with Crippen molar-refractivity contribution >= 4 is 34.0 Å². The van der Waals surface area contributed by atoms with Gasteiger partial charge in [-0.05, 0) is 162 Å². The van der Waals surface area contributed by atoms with E-state index >= 15 is 0 Å². The molecule has 2 fully saturated rings. The van der Waals surface area contributed by atoms with Crippen LogP contribution in [-0.4, -0.2) is 53.5 Å². The van der Waals surface area contributed by atoms with Crippen LogP contribution in [0.5, 0.6) is 0 Å². The van der Waals surface area contributed by atoms with Gasteiger partial charge in [-0.15, -0.1) is 39.1 Å². The molecule has 1 saturated carbocycles. The molecule has 85 heavy (non-hydrogen) atoms. The Bertz CT molecular complexity index is 2220. The Hall–Kier alpha value is -2.01. The van der Waals surface area contributed by atoms with E-state index in [1.54, 1.807) is 11.3 Å². The van der Waals surface area contributed by atoms with Crippen LogP contribution in [0.25, 0.3) is 0 Å². The van der Waals surface area contributed by atoms with E-state index in [1.807, 2.05) is 45.9 Å². The van der Waals surface area contributed by atoms with Crippen LogP contribution in [0.4, 0.5) is 0 Å². The molecular weight excluding hydrogens is 1100 g/mol. The van der Waals surface area contributed by atoms with Gasteiger partial charge in [-0.1, -0.05) is 226 Å². The zero-order chi connectivity index (χ0) is 66.6. The molecule has 4 aromatic heterocycles. The maximum atomic E-state index is 4.67. The standard InChI is InChI=1S/C15H30.C14H29N.2C12H21NS.C11H21N3.C11H19NS/c1-14(2,3)11-12-7-9-13(10-8-12)15(4,5)6;1-13(2,3)11-12-7-9-15(10-8-12)14(4,5)6;1-11(2,3)7-10-13-8-9(14-10)12(4,5)6;1-11(2,3)7-9-8-13-10(14-9)12(4,5)6;1-10(2,3)7-9-8-14(13-12-9)11(4,5)6;1-10(2,3)8-7-13-9(12-8)11(4,5)6/h12-13H,7-11H2,1-6H3;12H,7-11H2,1-6H3;3*8H,7H2,1-6H3;7H,1-6H3. The summed E-state index contributed by atoms with van der Waals surface area (Å²) in [6.07, 6.45) is 20.8. The van der Waals surface area contributed by atoms with Gasteiger partial charge in [-0.25, -0.2) is 19.6 Å². The summed E-state index contributed by atoms with van der Waals surface area (Å²) in [6, 6.07) is 0. The van der Waals surface area contributed by atoms with Crippen LogP contribution in [0.3, 0.4) is 0 Å². The quantitative estimate of drug-likeness (QED) is 0.198. The number of aromatic nitrogens is 6. The monoisotopic (exact) mass is 1240 g/mol. The van der Waals surface area contributed by atoms with Crippen LogP contribution in [-0.2, 0) is 46.5 Å². The molecule has 0 amide bonds. The molecule has 7 nitrogen and oxygen atoms in total. The van der Waals surface area contributed by atoms with Crippen molar-refractivity contribution in [1.82, 2.24) is 34.8 Å². The second-order valence-corrected chi connectivity index (χ2v) is 42.1. The van der Waals surface area contributed by atoms with Gasteiger partial charge in [0, 0.05) is 61.9 Å². The van der Waals surface area contributed by atoms with Crippen molar-refractivity contribution < 1.29 is 0 Å². The first kappa shape index (κ1) is 81.0. The van der Waals surface area contributed by atoms with Crippen molar-refractivity contribution in [1.29, 1.82) is 0 Å². The third-order valence-electron chi connectivity index (χ3n) is 15.2. The number of thiazole rings is 3. The molecule has 0 bridgehead atoms. The van der Waals surface area contributed by atoms with Crippen molar-refractivity contribution in [3.8, 4) is 0 Å². The Balaban J connectivity index is 0.000000510. The zero-order valence-corrected chi connectivity index (χ0v) is 65.5. The average molecular weight is 1240 g/mol. The molecule has 1 aliphatic carbocycles. The smallest absolute Gasteiger partial charge is 0.0982 e. The van der Waals surface area contributed by atoms with Crippen LogP contribution in [0.2, 0.25) is 0 Å². The van der Waals surface area contributed by atoms with Crippen molar-refractivity contribution in [2.75, 3.05) is 13.1 Å². The second kappa shape index (κ2) is 31.3. The van der Waals surface area contributed by atoms with Gasteiger partial charge in [0.15, 0.2) is 0 Å². The van der Waals surface area contributed by atoms with E-state index in [4.69, 9.17) is 0 Å². The fourth-order valence-electron chi connectivity index (χ4n) is 10.4. The van der Waals surface area contributed by atoms with Crippen molar-refractivity contribution in [3.05, 3.63) is 60.1 Å². The van der Waals surface area contributed by atoms with Crippen LogP contribution < -0.4 is 0 Å². The number of hydrogen-bond acceptors (Lipinski definition) is 9. The molecule has 10 heteroatoms. The number of likely N-dealkylation sites (tertiary alicyclic amines) is 1. The Labute approximate surface area is 541 Å². The predicted octanol–water partition coefficient (Wildman–Crippen LogP) is 23.6. The minimum Gasteiger partial charge on any atom is -0.298 e. The first-order chi connectivity index (χ1) is 37.6. The van der Waals surface area contributed by atoms with Crippen molar-refractivity contribution in [3.63, 3.8) is 0 Å². The summed E-state index contributed by atoms with van der Waals surface area (Å²) in [6.45, 7) is 84.2. The van der Waals surface area contributed by atoms with Gasteiger partial charge in [0.05, 0.1) is 31.9 Å². The van der Waals surface area contributed by atoms with E-state index in [0.717, 1.165) is 42.7 Å². The summed E-state index contributed by atoms with van der Waals surface area (Å²) in [7, 11) is 0. The lowest BCUT2D eigenvalue weighted by Crippen LogP contribution is -2.46. The molecule has 0 spiro atoms. The normalized spacial score (nSPS) is 17.6. The molecule has 0 N–H and O–H groups in total. The lowest BCUT2D eigenvalue weighted by Gasteiger charge is -2.42. The molecule has 4 aromatic rings. The van der Waals surface area contributed by atoms with E-state index < -0.39 is 0 Å². The molecular formula is C75H141N7S3. The number of rotatable bonds is 5. The Morgan fingerprint density at radius 3 is 1.22 bits per heavy atom. The SMILES string of the molecule is CC(C)(C)CC1CCC(C(C)(C)C)CC1.CC(C)(C)CC1CCN(C(C)(C)C)CC1.CC(C)(C)Cc1cn(C(C)(C)C)nn1.CC(C)(C)Cc1cnc(C(C)(C)C)s1.CC(C)(C)Cc1ncc(C(C)(C)C)s1.CC(C)(C)c1csc(C(C)(C)C)n1. The molecule has 0 unspecified atom stereocenters. The highest BCUT2D eigenvalue weighted by molar-refractivity contribution is 7.12. The highest BCUT2D eigenvalue weighted by Crippen LogP contribution is 2.43. The van der Waals surface area contributed by atoms with Gasteiger partial charge in [0.25, 0.3) is 0 Å². The van der Waals surface area contributed by atoms with E-state index in [2.05, 4.69) is 285 Å². The fraction of sp³-hybridized carbons (Fsp3) is 0.853. The molecule has 5 heterocycles. The van der Waals surface area contributed by atoms with Crippen LogP contribution in [0, 0.1) is 50.2 Å². The summed E-state index contributed by atoms with van der Waals surface area (Å²) in [4.78, 5) is 19.1. The predicted molar refractivity (Wildman–Crippen MR) is 383 cm³/mol. The van der Waals surface area contributed by atoms with Gasteiger partial charge in [-0.2, -0.15) is 0 Å². The molecule has 1 aliphatic heterocycles. The van der Waals surface area contributed by atoms with E-state index in [1.165, 1.54) is 94.9 Å². The molecule has 6 rings (SSSR count). The minimum atomic E-state index is 0.0309. The average Bonchev–Trinajstić information content (AvgIpc) is 4.04. The van der Waals surface area contributed by atoms with E-state index in [0.29, 0.717) is 32.6 Å². The molecule has 2 aliphatic rings. The minimum absolute atomic E-state index is 0.0309.